The van der Waals surface area contributed by atoms with Crippen molar-refractivity contribution in [1.82, 2.24) is 0 Å². The Morgan fingerprint density at radius 1 is 1.00 bits per heavy atom. The maximum absolute atomic E-state index is 12.9. The van der Waals surface area contributed by atoms with Crippen molar-refractivity contribution in [2.75, 3.05) is 21.3 Å². The summed E-state index contributed by atoms with van der Waals surface area (Å²) in [5, 5.41) is 11.5. The molecule has 0 aliphatic rings. The molecule has 0 amide bonds. The molecule has 3 rings (SSSR count). The molecule has 1 aromatic heterocycles. The van der Waals surface area contributed by atoms with Gasteiger partial charge < -0.3 is 18.6 Å². The average Bonchev–Trinajstić information content (AvgIpc) is 2.66. The minimum atomic E-state index is -0.826. The number of hydrogen-bond donors (Lipinski definition) is 0. The molecule has 134 valence electrons. The molecule has 1 heterocycles. The van der Waals surface area contributed by atoms with Crippen molar-refractivity contribution in [3.05, 3.63) is 56.7 Å². The maximum Gasteiger partial charge on any atom is 0.359 e. The van der Waals surface area contributed by atoms with Crippen molar-refractivity contribution >= 4 is 16.7 Å². The van der Waals surface area contributed by atoms with Gasteiger partial charge in [0.2, 0.25) is 11.5 Å². The number of nitrogens with zero attached hydrogens (tertiary/aromatic N) is 1. The van der Waals surface area contributed by atoms with Crippen LogP contribution in [0.4, 0.5) is 5.69 Å². The minimum Gasteiger partial charge on any atom is -0.493 e. The summed E-state index contributed by atoms with van der Waals surface area (Å²) in [4.78, 5) is 23.8. The summed E-state index contributed by atoms with van der Waals surface area (Å²) in [6, 6.07) is 9.82. The van der Waals surface area contributed by atoms with E-state index in [0.29, 0.717) is 5.56 Å². The monoisotopic (exact) mass is 357 g/mol. The number of nitro groups is 1. The second-order valence-electron chi connectivity index (χ2n) is 5.25. The van der Waals surface area contributed by atoms with Crippen molar-refractivity contribution in [2.24, 2.45) is 0 Å². The van der Waals surface area contributed by atoms with Crippen LogP contribution in [0.5, 0.6) is 17.2 Å². The Balaban J connectivity index is 2.51. The van der Waals surface area contributed by atoms with Crippen LogP contribution < -0.4 is 19.6 Å². The van der Waals surface area contributed by atoms with Crippen LogP contribution in [0, 0.1) is 10.1 Å². The van der Waals surface area contributed by atoms with Crippen molar-refractivity contribution in [2.45, 2.75) is 0 Å². The van der Waals surface area contributed by atoms with Gasteiger partial charge in [-0.3, -0.25) is 14.9 Å². The highest BCUT2D eigenvalue weighted by atomic mass is 16.6. The highest BCUT2D eigenvalue weighted by Gasteiger charge is 2.30. The van der Waals surface area contributed by atoms with Gasteiger partial charge in [-0.1, -0.05) is 30.3 Å². The van der Waals surface area contributed by atoms with E-state index in [1.807, 2.05) is 0 Å². The molecule has 0 aliphatic carbocycles. The Kier molecular flexibility index (Phi) is 4.49. The number of methoxy groups -OCH3 is 3. The Labute approximate surface area is 147 Å². The number of fused-ring (bicyclic) bond motifs is 1. The second kappa shape index (κ2) is 6.75. The van der Waals surface area contributed by atoms with Gasteiger partial charge in [-0.25, -0.2) is 0 Å². The van der Waals surface area contributed by atoms with Gasteiger partial charge >= 0.3 is 5.69 Å². The van der Waals surface area contributed by atoms with Crippen molar-refractivity contribution in [3.8, 4) is 28.6 Å². The lowest BCUT2D eigenvalue weighted by Gasteiger charge is -2.14. The van der Waals surface area contributed by atoms with E-state index >= 15 is 0 Å². The molecule has 0 spiro atoms. The van der Waals surface area contributed by atoms with E-state index in [-0.39, 0.29) is 34.0 Å². The number of ether oxygens (including phenoxy) is 3. The Morgan fingerprint density at radius 2 is 1.65 bits per heavy atom. The summed E-state index contributed by atoms with van der Waals surface area (Å²) in [6.45, 7) is 0. The molecule has 0 bridgehead atoms. The predicted octanol–water partition coefficient (Wildman–Crippen LogP) is 3.39. The predicted molar refractivity (Wildman–Crippen MR) is 94.2 cm³/mol. The molecule has 2 aromatic carbocycles. The van der Waals surface area contributed by atoms with Gasteiger partial charge in [0.05, 0.1) is 26.3 Å². The zero-order valence-electron chi connectivity index (χ0n) is 14.3. The van der Waals surface area contributed by atoms with Crippen molar-refractivity contribution in [1.29, 1.82) is 0 Å². The molecule has 0 unspecified atom stereocenters. The van der Waals surface area contributed by atoms with Crippen LogP contribution in [0.2, 0.25) is 0 Å². The standard InChI is InChI=1S/C18H15NO7/c1-23-12-9-11-13(18(25-3)17(12)24-2)15(20)14(19(21)22)16(26-11)10-7-5-4-6-8-10/h4-9H,1-3H3. The van der Waals surface area contributed by atoms with Crippen LogP contribution in [0.15, 0.2) is 45.6 Å². The fourth-order valence-corrected chi connectivity index (χ4v) is 2.76. The topological polar surface area (TPSA) is 101 Å². The Hall–Kier alpha value is -3.55. The second-order valence-corrected chi connectivity index (χ2v) is 5.25. The molecule has 0 saturated heterocycles. The fourth-order valence-electron chi connectivity index (χ4n) is 2.76. The lowest BCUT2D eigenvalue weighted by Crippen LogP contribution is -2.12. The van der Waals surface area contributed by atoms with Crippen LogP contribution in [0.1, 0.15) is 0 Å². The molecule has 0 N–H and O–H groups in total. The zero-order chi connectivity index (χ0) is 18.8. The van der Waals surface area contributed by atoms with Crippen LogP contribution in [0.3, 0.4) is 0 Å². The summed E-state index contributed by atoms with van der Waals surface area (Å²) < 4.78 is 21.5. The minimum absolute atomic E-state index is 0.0123. The van der Waals surface area contributed by atoms with E-state index in [1.54, 1.807) is 30.3 Å². The lowest BCUT2D eigenvalue weighted by molar-refractivity contribution is -0.386. The quantitative estimate of drug-likeness (QED) is 0.509. The highest BCUT2D eigenvalue weighted by Crippen LogP contribution is 2.44. The van der Waals surface area contributed by atoms with Crippen LogP contribution in [-0.4, -0.2) is 26.3 Å². The highest BCUT2D eigenvalue weighted by molar-refractivity contribution is 5.92. The molecule has 26 heavy (non-hydrogen) atoms. The normalized spacial score (nSPS) is 10.6. The van der Waals surface area contributed by atoms with Gasteiger partial charge in [-0.15, -0.1) is 0 Å². The third-order valence-corrected chi connectivity index (χ3v) is 3.88. The van der Waals surface area contributed by atoms with Gasteiger partial charge in [0.25, 0.3) is 5.43 Å². The maximum atomic E-state index is 12.9. The largest absolute Gasteiger partial charge is 0.493 e. The molecular formula is C18H15NO7. The molecule has 0 aliphatic heterocycles. The molecular weight excluding hydrogens is 342 g/mol. The van der Waals surface area contributed by atoms with E-state index in [9.17, 15) is 14.9 Å². The summed E-state index contributed by atoms with van der Waals surface area (Å²) in [5.74, 6) is 0.296. The third-order valence-electron chi connectivity index (χ3n) is 3.88. The van der Waals surface area contributed by atoms with E-state index in [4.69, 9.17) is 18.6 Å². The third kappa shape index (κ3) is 2.61. The van der Waals surface area contributed by atoms with E-state index in [2.05, 4.69) is 0 Å². The van der Waals surface area contributed by atoms with Crippen molar-refractivity contribution in [3.63, 3.8) is 0 Å². The first-order chi connectivity index (χ1) is 12.5. The number of hydrogen-bond acceptors (Lipinski definition) is 7. The fraction of sp³-hybridized carbons (Fsp3) is 0.167. The Bertz CT molecular complexity index is 1040. The summed E-state index contributed by atoms with van der Waals surface area (Å²) in [6.07, 6.45) is 0. The smallest absolute Gasteiger partial charge is 0.359 e. The molecule has 0 radical (unpaired) electrons. The SMILES string of the molecule is COc1cc2oc(-c3ccccc3)c([N+](=O)[O-])c(=O)c2c(OC)c1OC. The van der Waals surface area contributed by atoms with Gasteiger partial charge in [0.1, 0.15) is 11.0 Å². The van der Waals surface area contributed by atoms with E-state index in [0.717, 1.165) is 0 Å². The van der Waals surface area contributed by atoms with Gasteiger partial charge in [-0.2, -0.15) is 0 Å². The summed E-state index contributed by atoms with van der Waals surface area (Å²) in [7, 11) is 4.12. The van der Waals surface area contributed by atoms with E-state index < -0.39 is 16.0 Å². The van der Waals surface area contributed by atoms with Crippen LogP contribution in [0.25, 0.3) is 22.3 Å². The summed E-state index contributed by atoms with van der Waals surface area (Å²) >= 11 is 0. The molecule has 0 atom stereocenters. The van der Waals surface area contributed by atoms with Gasteiger partial charge in [0, 0.05) is 11.6 Å². The van der Waals surface area contributed by atoms with Gasteiger partial charge in [-0.05, 0) is 0 Å². The first kappa shape index (κ1) is 17.3. The molecule has 3 aromatic rings. The Morgan fingerprint density at radius 3 is 2.19 bits per heavy atom. The molecule has 8 heteroatoms. The van der Waals surface area contributed by atoms with E-state index in [1.165, 1.54) is 27.4 Å². The number of benzene rings is 2. The lowest BCUT2D eigenvalue weighted by atomic mass is 10.1. The molecule has 0 saturated carbocycles. The van der Waals surface area contributed by atoms with Crippen LogP contribution in [-0.2, 0) is 0 Å². The first-order valence-electron chi connectivity index (χ1n) is 7.53. The van der Waals surface area contributed by atoms with Crippen molar-refractivity contribution < 1.29 is 23.6 Å². The average molecular weight is 357 g/mol. The zero-order valence-corrected chi connectivity index (χ0v) is 14.3. The first-order valence-corrected chi connectivity index (χ1v) is 7.53. The van der Waals surface area contributed by atoms with Gasteiger partial charge in [0.15, 0.2) is 11.5 Å². The molecule has 0 fully saturated rings. The summed E-state index contributed by atoms with van der Waals surface area (Å²) in [5.41, 5.74) is -0.997. The van der Waals surface area contributed by atoms with Crippen LogP contribution >= 0.6 is 0 Å². The number of rotatable bonds is 5. The molecule has 8 nitrogen and oxygen atoms in total.